The van der Waals surface area contributed by atoms with E-state index in [1.54, 1.807) is 13.8 Å². The Morgan fingerprint density at radius 3 is 2.27 bits per heavy atom. The summed E-state index contributed by atoms with van der Waals surface area (Å²) in [5, 5.41) is 4.85. The average Bonchev–Trinajstić information content (AvgIpc) is 2.49. The molecule has 0 heterocycles. The van der Waals surface area contributed by atoms with Crippen LogP contribution in [0.3, 0.4) is 0 Å². The average molecular weight is 310 g/mol. The fraction of sp³-hybridized carbons (Fsp3) is 0.400. The van der Waals surface area contributed by atoms with E-state index in [9.17, 15) is 18.8 Å². The van der Waals surface area contributed by atoms with Crippen molar-refractivity contribution in [2.45, 2.75) is 19.9 Å². The molecule has 1 aromatic rings. The molecule has 0 aliphatic rings. The Hall–Kier alpha value is -2.44. The fourth-order valence-electron chi connectivity index (χ4n) is 1.62. The maximum Gasteiger partial charge on any atom is 0.329 e. The number of carbonyl (C=O) groups excluding carboxylic acids is 3. The molecule has 7 heteroatoms. The van der Waals surface area contributed by atoms with Gasteiger partial charge in [-0.25, -0.2) is 9.18 Å². The smallest absolute Gasteiger partial charge is 0.329 e. The van der Waals surface area contributed by atoms with Gasteiger partial charge >= 0.3 is 5.97 Å². The monoisotopic (exact) mass is 310 g/mol. The van der Waals surface area contributed by atoms with Gasteiger partial charge in [-0.05, 0) is 30.2 Å². The molecular weight excluding hydrogens is 291 g/mol. The number of nitrogens with one attached hydrogen (secondary N) is 2. The zero-order valence-corrected chi connectivity index (χ0v) is 12.7. The topological polar surface area (TPSA) is 84.5 Å². The Bertz CT molecular complexity index is 543. The molecule has 0 bridgehead atoms. The van der Waals surface area contributed by atoms with Gasteiger partial charge in [-0.1, -0.05) is 13.8 Å². The van der Waals surface area contributed by atoms with E-state index in [1.807, 2.05) is 0 Å². The van der Waals surface area contributed by atoms with Gasteiger partial charge in [0.2, 0.25) is 0 Å². The molecule has 2 amide bonds. The predicted octanol–water partition coefficient (Wildman–Crippen LogP) is 0.869. The number of carbonyl (C=O) groups is 3. The highest BCUT2D eigenvalue weighted by Gasteiger charge is 2.26. The molecule has 1 atom stereocenters. The standard InChI is InChI=1S/C15H19FN2O4/c1-9(2)13(15(21)22-8-12(19)17-3)18-14(20)10-4-6-11(16)7-5-10/h4-7,9,13H,8H2,1-3H3,(H,17,19)(H,18,20). The minimum atomic E-state index is -0.901. The first-order chi connectivity index (χ1) is 10.3. The van der Waals surface area contributed by atoms with Crippen molar-refractivity contribution >= 4 is 17.8 Å². The van der Waals surface area contributed by atoms with Crippen LogP contribution in [0.1, 0.15) is 24.2 Å². The number of ether oxygens (including phenoxy) is 1. The molecule has 0 saturated carbocycles. The van der Waals surface area contributed by atoms with Crippen LogP contribution in [0.2, 0.25) is 0 Å². The van der Waals surface area contributed by atoms with Gasteiger partial charge in [-0.3, -0.25) is 9.59 Å². The summed E-state index contributed by atoms with van der Waals surface area (Å²) in [6, 6.07) is 4.05. The first-order valence-electron chi connectivity index (χ1n) is 6.78. The Balaban J connectivity index is 2.71. The fourth-order valence-corrected chi connectivity index (χ4v) is 1.62. The summed E-state index contributed by atoms with van der Waals surface area (Å²) in [6.45, 7) is 3.05. The zero-order valence-electron chi connectivity index (χ0n) is 12.7. The molecule has 6 nitrogen and oxygen atoms in total. The third kappa shape index (κ3) is 5.16. The second-order valence-electron chi connectivity index (χ2n) is 4.98. The molecule has 22 heavy (non-hydrogen) atoms. The normalized spacial score (nSPS) is 11.7. The second kappa shape index (κ2) is 8.11. The maximum absolute atomic E-state index is 12.8. The van der Waals surface area contributed by atoms with Crippen LogP contribution in [0.4, 0.5) is 4.39 Å². The zero-order chi connectivity index (χ0) is 16.7. The van der Waals surface area contributed by atoms with Crippen LogP contribution in [-0.4, -0.2) is 37.5 Å². The molecule has 0 radical (unpaired) electrons. The lowest BCUT2D eigenvalue weighted by Crippen LogP contribution is -2.46. The second-order valence-corrected chi connectivity index (χ2v) is 4.98. The minimum Gasteiger partial charge on any atom is -0.454 e. The lowest BCUT2D eigenvalue weighted by molar-refractivity contribution is -0.151. The molecule has 0 saturated heterocycles. The molecule has 0 aliphatic heterocycles. The summed E-state index contributed by atoms with van der Waals surface area (Å²) >= 11 is 0. The summed E-state index contributed by atoms with van der Waals surface area (Å²) in [5.74, 6) is -2.35. The summed E-state index contributed by atoms with van der Waals surface area (Å²) in [5.41, 5.74) is 0.228. The minimum absolute atomic E-state index is 0.228. The molecule has 0 spiro atoms. The Morgan fingerprint density at radius 2 is 1.77 bits per heavy atom. The van der Waals surface area contributed by atoms with Crippen molar-refractivity contribution < 1.29 is 23.5 Å². The number of likely N-dealkylation sites (N-methyl/N-ethyl adjacent to an activating group) is 1. The molecule has 120 valence electrons. The molecule has 0 fully saturated rings. The van der Waals surface area contributed by atoms with E-state index in [0.717, 1.165) is 12.1 Å². The van der Waals surface area contributed by atoms with E-state index in [-0.39, 0.29) is 11.5 Å². The van der Waals surface area contributed by atoms with E-state index in [1.165, 1.54) is 19.2 Å². The maximum atomic E-state index is 12.8. The van der Waals surface area contributed by atoms with Crippen molar-refractivity contribution in [1.82, 2.24) is 10.6 Å². The van der Waals surface area contributed by atoms with Crippen molar-refractivity contribution in [2.75, 3.05) is 13.7 Å². The van der Waals surface area contributed by atoms with E-state index < -0.39 is 36.2 Å². The van der Waals surface area contributed by atoms with E-state index in [4.69, 9.17) is 4.74 Å². The number of benzene rings is 1. The summed E-state index contributed by atoms with van der Waals surface area (Å²) < 4.78 is 17.7. The van der Waals surface area contributed by atoms with Crippen LogP contribution >= 0.6 is 0 Å². The summed E-state index contributed by atoms with van der Waals surface area (Å²) in [6.07, 6.45) is 0. The molecule has 2 N–H and O–H groups in total. The first-order valence-corrected chi connectivity index (χ1v) is 6.78. The number of rotatable bonds is 6. The lowest BCUT2D eigenvalue weighted by Gasteiger charge is -2.20. The number of amides is 2. The van der Waals surface area contributed by atoms with Crippen molar-refractivity contribution in [1.29, 1.82) is 0 Å². The Morgan fingerprint density at radius 1 is 1.18 bits per heavy atom. The van der Waals surface area contributed by atoms with Crippen LogP contribution in [-0.2, 0) is 14.3 Å². The summed E-state index contributed by atoms with van der Waals surface area (Å²) in [7, 11) is 1.42. The molecule has 1 rings (SSSR count). The van der Waals surface area contributed by atoms with Crippen molar-refractivity contribution in [3.63, 3.8) is 0 Å². The van der Waals surface area contributed by atoms with Gasteiger partial charge in [-0.15, -0.1) is 0 Å². The number of esters is 1. The number of hydrogen-bond donors (Lipinski definition) is 2. The number of hydrogen-bond acceptors (Lipinski definition) is 4. The largest absolute Gasteiger partial charge is 0.454 e. The predicted molar refractivity (Wildman–Crippen MR) is 77.5 cm³/mol. The van der Waals surface area contributed by atoms with Crippen LogP contribution in [0, 0.1) is 11.7 Å². The Kier molecular flexibility index (Phi) is 6.49. The first kappa shape index (κ1) is 17.6. The highest BCUT2D eigenvalue weighted by molar-refractivity contribution is 5.97. The van der Waals surface area contributed by atoms with Crippen LogP contribution in [0.15, 0.2) is 24.3 Å². The van der Waals surface area contributed by atoms with Gasteiger partial charge in [0.15, 0.2) is 6.61 Å². The van der Waals surface area contributed by atoms with Crippen molar-refractivity contribution in [3.05, 3.63) is 35.6 Å². The van der Waals surface area contributed by atoms with E-state index >= 15 is 0 Å². The molecule has 0 aromatic heterocycles. The van der Waals surface area contributed by atoms with Crippen LogP contribution in [0.5, 0.6) is 0 Å². The molecule has 0 aliphatic carbocycles. The number of halogens is 1. The molecule has 1 aromatic carbocycles. The Labute approximate surface area is 128 Å². The van der Waals surface area contributed by atoms with E-state index in [2.05, 4.69) is 10.6 Å². The van der Waals surface area contributed by atoms with Crippen molar-refractivity contribution in [3.8, 4) is 0 Å². The SMILES string of the molecule is CNC(=O)COC(=O)C(NC(=O)c1ccc(F)cc1)C(C)C. The molecule has 1 unspecified atom stereocenters. The lowest BCUT2D eigenvalue weighted by atomic mass is 10.0. The van der Waals surface area contributed by atoms with Gasteiger partial charge in [0.1, 0.15) is 11.9 Å². The third-order valence-electron chi connectivity index (χ3n) is 2.94. The quantitative estimate of drug-likeness (QED) is 0.764. The third-order valence-corrected chi connectivity index (χ3v) is 2.94. The van der Waals surface area contributed by atoms with Gasteiger partial charge in [0.25, 0.3) is 11.8 Å². The highest BCUT2D eigenvalue weighted by Crippen LogP contribution is 2.08. The summed E-state index contributed by atoms with van der Waals surface area (Å²) in [4.78, 5) is 35.1. The highest BCUT2D eigenvalue weighted by atomic mass is 19.1. The van der Waals surface area contributed by atoms with Gasteiger partial charge in [0, 0.05) is 12.6 Å². The molecular formula is C15H19FN2O4. The van der Waals surface area contributed by atoms with Gasteiger partial charge < -0.3 is 15.4 Å². The van der Waals surface area contributed by atoms with E-state index in [0.29, 0.717) is 0 Å². The van der Waals surface area contributed by atoms with Crippen LogP contribution < -0.4 is 10.6 Å². The van der Waals surface area contributed by atoms with Gasteiger partial charge in [-0.2, -0.15) is 0 Å². The van der Waals surface area contributed by atoms with Crippen LogP contribution in [0.25, 0.3) is 0 Å². The van der Waals surface area contributed by atoms with Gasteiger partial charge in [0.05, 0.1) is 0 Å². The van der Waals surface area contributed by atoms with Crippen molar-refractivity contribution in [2.24, 2.45) is 5.92 Å².